The molecule has 2 unspecified atom stereocenters. The number of carbonyl (C=O) groups is 1. The first-order valence-electron chi connectivity index (χ1n) is 11.9. The molecule has 1 aromatic rings. The number of nitrogens with one attached hydrogen (secondary N) is 2. The fourth-order valence-electron chi connectivity index (χ4n) is 4.65. The van der Waals surface area contributed by atoms with Crippen LogP contribution >= 0.6 is 11.6 Å². The van der Waals surface area contributed by atoms with E-state index in [1.807, 2.05) is 18.7 Å². The highest BCUT2D eigenvalue weighted by Gasteiger charge is 2.34. The van der Waals surface area contributed by atoms with Gasteiger partial charge in [-0.2, -0.15) is 0 Å². The molecule has 0 aromatic heterocycles. The molecule has 1 aromatic carbocycles. The van der Waals surface area contributed by atoms with E-state index in [0.717, 1.165) is 11.3 Å². The standard InChI is InChI=1S/C24H31ClF2N6O3/c1-13-22(25)14(2)30-23(29-13)18-10-33(11-19(18)28)24(35)17-4-3-15(26)9-20(17)36-16-5-7-32(8-6-16)12-21(34)31-27/h3-4,9,16,19,21,29,31,34H,5-8,10-12,28H2,1-2H3/b23-18-. The Morgan fingerprint density at radius 2 is 2.11 bits per heavy atom. The highest BCUT2D eigenvalue weighted by molar-refractivity contribution is 6.43. The topological polar surface area (TPSA) is 115 Å². The number of hydrogen-bond acceptors (Lipinski definition) is 8. The van der Waals surface area contributed by atoms with Crippen molar-refractivity contribution in [2.24, 2.45) is 10.7 Å². The number of allylic oxidation sites excluding steroid dienone is 2. The Morgan fingerprint density at radius 1 is 1.39 bits per heavy atom. The third-order valence-corrected chi connectivity index (χ3v) is 7.17. The third-order valence-electron chi connectivity index (χ3n) is 6.61. The molecule has 9 nitrogen and oxygen atoms in total. The molecule has 0 radical (unpaired) electrons. The van der Waals surface area contributed by atoms with Gasteiger partial charge in [0.15, 0.2) is 0 Å². The summed E-state index contributed by atoms with van der Waals surface area (Å²) < 4.78 is 32.5. The second kappa shape index (κ2) is 11.2. The van der Waals surface area contributed by atoms with Crippen LogP contribution in [0.1, 0.15) is 37.0 Å². The van der Waals surface area contributed by atoms with Crippen molar-refractivity contribution in [3.05, 3.63) is 51.7 Å². The van der Waals surface area contributed by atoms with Crippen molar-refractivity contribution < 1.29 is 23.5 Å². The number of amides is 1. The maximum atomic E-state index is 14.1. The minimum atomic E-state index is -1.25. The van der Waals surface area contributed by atoms with Gasteiger partial charge in [-0.1, -0.05) is 11.6 Å². The van der Waals surface area contributed by atoms with Gasteiger partial charge in [-0.25, -0.2) is 9.38 Å². The van der Waals surface area contributed by atoms with Crippen molar-refractivity contribution in [1.82, 2.24) is 20.7 Å². The van der Waals surface area contributed by atoms with E-state index in [9.17, 15) is 18.8 Å². The van der Waals surface area contributed by atoms with Crippen molar-refractivity contribution in [2.75, 3.05) is 32.7 Å². The second-order valence-electron chi connectivity index (χ2n) is 9.31. The molecule has 4 rings (SSSR count). The molecule has 36 heavy (non-hydrogen) atoms. The highest BCUT2D eigenvalue weighted by Crippen LogP contribution is 2.29. The summed E-state index contributed by atoms with van der Waals surface area (Å²) in [5.41, 5.74) is 10.1. The number of nitrogens with two attached hydrogens (primary N) is 1. The number of hydrogen-bond donors (Lipinski definition) is 4. The minimum absolute atomic E-state index is 0.153. The van der Waals surface area contributed by atoms with Crippen LogP contribution in [0.4, 0.5) is 8.87 Å². The number of β-amino-alcohol motifs (C(OH)–C–C–N with tert-alkyl or cyclic N) is 1. The molecule has 3 aliphatic rings. The zero-order chi connectivity index (χ0) is 26.0. The first-order chi connectivity index (χ1) is 17.2. The van der Waals surface area contributed by atoms with E-state index in [1.54, 1.807) is 4.90 Å². The zero-order valence-corrected chi connectivity index (χ0v) is 21.0. The van der Waals surface area contributed by atoms with Crippen molar-refractivity contribution >= 4 is 23.2 Å². The quantitative estimate of drug-likeness (QED) is 0.332. The van der Waals surface area contributed by atoms with E-state index in [4.69, 9.17) is 22.1 Å². The highest BCUT2D eigenvalue weighted by atomic mass is 35.5. The average molecular weight is 525 g/mol. The summed E-state index contributed by atoms with van der Waals surface area (Å²) in [5.74, 6) is -0.0544. The largest absolute Gasteiger partial charge is 0.489 e. The Morgan fingerprint density at radius 3 is 2.78 bits per heavy atom. The van der Waals surface area contributed by atoms with Gasteiger partial charge < -0.3 is 25.8 Å². The third kappa shape index (κ3) is 5.87. The lowest BCUT2D eigenvalue weighted by Crippen LogP contribution is -2.44. The molecule has 5 N–H and O–H groups in total. The van der Waals surface area contributed by atoms with Gasteiger partial charge in [0.1, 0.15) is 29.7 Å². The van der Waals surface area contributed by atoms with E-state index in [1.165, 1.54) is 23.7 Å². The number of aliphatic imine (C=N–C) groups is 1. The van der Waals surface area contributed by atoms with Gasteiger partial charge in [0.25, 0.3) is 5.91 Å². The van der Waals surface area contributed by atoms with Gasteiger partial charge >= 0.3 is 0 Å². The first-order valence-corrected chi connectivity index (χ1v) is 12.2. The molecule has 1 amide bonds. The molecular weight excluding hydrogens is 494 g/mol. The Labute approximate surface area is 213 Å². The predicted octanol–water partition coefficient (Wildman–Crippen LogP) is 1.99. The number of halogens is 3. The van der Waals surface area contributed by atoms with E-state index >= 15 is 0 Å². The van der Waals surface area contributed by atoms with Gasteiger partial charge in [0.2, 0.25) is 0 Å². The van der Waals surface area contributed by atoms with Crippen LogP contribution in [0.3, 0.4) is 0 Å². The summed E-state index contributed by atoms with van der Waals surface area (Å²) in [7, 11) is 0. The molecule has 2 fully saturated rings. The lowest BCUT2D eigenvalue weighted by atomic mass is 10.1. The molecule has 0 spiro atoms. The van der Waals surface area contributed by atoms with Crippen LogP contribution in [0.25, 0.3) is 0 Å². The number of aliphatic hydroxyl groups excluding tert-OH is 1. The van der Waals surface area contributed by atoms with Crippen LogP contribution in [0, 0.1) is 5.82 Å². The van der Waals surface area contributed by atoms with E-state index in [0.29, 0.717) is 42.5 Å². The first kappa shape index (κ1) is 26.5. The van der Waals surface area contributed by atoms with E-state index in [2.05, 4.69) is 10.3 Å². The van der Waals surface area contributed by atoms with Crippen LogP contribution in [0.15, 0.2) is 45.3 Å². The van der Waals surface area contributed by atoms with Gasteiger partial charge in [-0.3, -0.25) is 9.69 Å². The number of nitrogens with zero attached hydrogens (tertiary/aromatic N) is 3. The maximum absolute atomic E-state index is 14.1. The number of aliphatic hydroxyl groups is 1. The van der Waals surface area contributed by atoms with Crippen LogP contribution in [0.5, 0.6) is 5.75 Å². The molecule has 12 heteroatoms. The fourth-order valence-corrected chi connectivity index (χ4v) is 4.74. The molecule has 0 aliphatic carbocycles. The molecule has 196 valence electrons. The van der Waals surface area contributed by atoms with Crippen LogP contribution in [-0.4, -0.2) is 77.6 Å². The van der Waals surface area contributed by atoms with Crippen molar-refractivity contribution in [2.45, 2.75) is 45.1 Å². The SMILES string of the molecule is CC1=N/C(=C2/CN(C(=O)c3ccc(F)cc3OC3CCN(CC(O)NF)CC3)CC2N)NC(C)=C1Cl. The monoisotopic (exact) mass is 524 g/mol. The Kier molecular flexibility index (Phi) is 8.26. The van der Waals surface area contributed by atoms with Gasteiger partial charge in [0.05, 0.1) is 16.3 Å². The molecule has 2 atom stereocenters. The maximum Gasteiger partial charge on any atom is 0.257 e. The Hall–Kier alpha value is -2.57. The van der Waals surface area contributed by atoms with Gasteiger partial charge in [-0.05, 0) is 38.8 Å². The van der Waals surface area contributed by atoms with E-state index in [-0.39, 0.29) is 43.0 Å². The van der Waals surface area contributed by atoms with Gasteiger partial charge in [0, 0.05) is 56.1 Å². The Balaban J connectivity index is 1.46. The number of piperidine rings is 1. The summed E-state index contributed by atoms with van der Waals surface area (Å²) in [6.07, 6.45) is -0.317. The van der Waals surface area contributed by atoms with E-state index < -0.39 is 18.1 Å². The Bertz CT molecular complexity index is 1100. The summed E-state index contributed by atoms with van der Waals surface area (Å²) in [4.78, 5) is 21.5. The summed E-state index contributed by atoms with van der Waals surface area (Å²) >= 11 is 6.22. The summed E-state index contributed by atoms with van der Waals surface area (Å²) in [6.45, 7) is 5.50. The molecule has 0 saturated carbocycles. The molecule has 0 bridgehead atoms. The minimum Gasteiger partial charge on any atom is -0.489 e. The van der Waals surface area contributed by atoms with Crippen LogP contribution in [0.2, 0.25) is 0 Å². The smallest absolute Gasteiger partial charge is 0.257 e. The van der Waals surface area contributed by atoms with Crippen LogP contribution in [-0.2, 0) is 0 Å². The van der Waals surface area contributed by atoms with Crippen molar-refractivity contribution in [3.8, 4) is 5.75 Å². The molecular formula is C24H31ClF2N6O3. The van der Waals surface area contributed by atoms with Crippen LogP contribution < -0.4 is 21.3 Å². The van der Waals surface area contributed by atoms with Gasteiger partial charge in [-0.15, -0.1) is 10.0 Å². The number of benzene rings is 1. The van der Waals surface area contributed by atoms with Crippen molar-refractivity contribution in [1.29, 1.82) is 0 Å². The zero-order valence-electron chi connectivity index (χ0n) is 20.2. The summed E-state index contributed by atoms with van der Waals surface area (Å²) in [5, 5.41) is 13.1. The lowest BCUT2D eigenvalue weighted by Gasteiger charge is -2.33. The number of ether oxygens (including phenoxy) is 1. The average Bonchev–Trinajstić information content (AvgIpc) is 3.24. The summed E-state index contributed by atoms with van der Waals surface area (Å²) in [6, 6.07) is 3.46. The normalized spacial score (nSPS) is 24.6. The number of carbonyl (C=O) groups excluding carboxylic acids is 1. The molecule has 3 aliphatic heterocycles. The lowest BCUT2D eigenvalue weighted by molar-refractivity contribution is 0.0138. The number of likely N-dealkylation sites (tertiary alicyclic amines) is 2. The molecule has 3 heterocycles. The second-order valence-corrected chi connectivity index (χ2v) is 9.69. The van der Waals surface area contributed by atoms with Crippen molar-refractivity contribution in [3.63, 3.8) is 0 Å². The number of rotatable bonds is 6. The fraction of sp³-hybridized carbons (Fsp3) is 0.500. The predicted molar refractivity (Wildman–Crippen MR) is 132 cm³/mol. The molecule has 2 saturated heterocycles.